The Morgan fingerprint density at radius 2 is 2.30 bits per heavy atom. The van der Waals surface area contributed by atoms with Crippen molar-refractivity contribution in [3.63, 3.8) is 0 Å². The first-order valence-electron chi connectivity index (χ1n) is 6.00. The lowest BCUT2D eigenvalue weighted by Crippen LogP contribution is -2.54. The molecule has 1 amide bonds. The summed E-state index contributed by atoms with van der Waals surface area (Å²) in [6.07, 6.45) is 0.397. The fraction of sp³-hybridized carbons (Fsp3) is 0.385. The van der Waals surface area contributed by atoms with Crippen LogP contribution in [0.4, 0.5) is 0 Å². The summed E-state index contributed by atoms with van der Waals surface area (Å²) in [5.74, 6) is -0.501. The molecule has 1 aliphatic rings. The van der Waals surface area contributed by atoms with E-state index in [9.17, 15) is 14.7 Å². The van der Waals surface area contributed by atoms with Crippen LogP contribution >= 0.6 is 11.8 Å². The summed E-state index contributed by atoms with van der Waals surface area (Å²) in [6.45, 7) is 1.63. The van der Waals surface area contributed by atoms with Gasteiger partial charge in [0.1, 0.15) is 17.3 Å². The Labute approximate surface area is 120 Å². The number of aromatic nitrogens is 1. The average molecular weight is 291 g/mol. The first-order chi connectivity index (χ1) is 9.48. The van der Waals surface area contributed by atoms with Gasteiger partial charge in [-0.2, -0.15) is 17.0 Å². The topological polar surface area (TPSA) is 103 Å². The van der Waals surface area contributed by atoms with Crippen molar-refractivity contribution >= 4 is 23.6 Å². The predicted octanol–water partition coefficient (Wildman–Crippen LogP) is 0.952. The molecule has 2 rings (SSSR count). The van der Waals surface area contributed by atoms with Crippen molar-refractivity contribution in [2.24, 2.45) is 0 Å². The number of hydrogen-bond acceptors (Lipinski definition) is 5. The molecule has 1 aromatic heterocycles. The molecule has 6 nitrogen and oxygen atoms in total. The number of rotatable bonds is 3. The lowest BCUT2D eigenvalue weighted by atomic mass is 9.99. The van der Waals surface area contributed by atoms with Gasteiger partial charge >= 0.3 is 5.97 Å². The van der Waals surface area contributed by atoms with Crippen molar-refractivity contribution in [2.75, 3.05) is 11.5 Å². The van der Waals surface area contributed by atoms with Gasteiger partial charge in [0.2, 0.25) is 0 Å². The molecule has 1 fully saturated rings. The number of nitriles is 1. The summed E-state index contributed by atoms with van der Waals surface area (Å²) in [5.41, 5.74) is -0.249. The van der Waals surface area contributed by atoms with E-state index in [1.807, 2.05) is 6.07 Å². The van der Waals surface area contributed by atoms with Crippen LogP contribution in [0.25, 0.3) is 0 Å². The molecule has 0 aliphatic carbocycles. The Kier molecular flexibility index (Phi) is 3.95. The van der Waals surface area contributed by atoms with E-state index in [-0.39, 0.29) is 5.69 Å². The summed E-state index contributed by atoms with van der Waals surface area (Å²) >= 11 is 1.50. The van der Waals surface area contributed by atoms with Gasteiger partial charge in [0.25, 0.3) is 5.91 Å². The molecule has 1 saturated heterocycles. The summed E-state index contributed by atoms with van der Waals surface area (Å²) in [5, 5.41) is 20.7. The van der Waals surface area contributed by atoms with Gasteiger partial charge in [0.05, 0.1) is 11.3 Å². The molecular weight excluding hydrogens is 278 g/mol. The number of carboxylic acid groups (broad SMARTS) is 1. The molecule has 0 saturated carbocycles. The van der Waals surface area contributed by atoms with Crippen molar-refractivity contribution in [3.8, 4) is 6.07 Å². The monoisotopic (exact) mass is 291 g/mol. The summed E-state index contributed by atoms with van der Waals surface area (Å²) < 4.78 is 0. The van der Waals surface area contributed by atoms with Gasteiger partial charge in [-0.15, -0.1) is 0 Å². The third-order valence-electron chi connectivity index (χ3n) is 3.22. The van der Waals surface area contributed by atoms with E-state index in [0.29, 0.717) is 29.2 Å². The highest BCUT2D eigenvalue weighted by atomic mass is 32.2. The van der Waals surface area contributed by atoms with Gasteiger partial charge in [-0.05, 0) is 31.2 Å². The zero-order valence-electron chi connectivity index (χ0n) is 10.8. The Morgan fingerprint density at radius 3 is 2.80 bits per heavy atom. The molecule has 1 aliphatic heterocycles. The summed E-state index contributed by atoms with van der Waals surface area (Å²) in [7, 11) is 0. The maximum absolute atomic E-state index is 12.1. The van der Waals surface area contributed by atoms with Gasteiger partial charge in [-0.3, -0.25) is 4.79 Å². The lowest BCUT2D eigenvalue weighted by molar-refractivity contribution is -0.143. The Morgan fingerprint density at radius 1 is 1.55 bits per heavy atom. The van der Waals surface area contributed by atoms with Crippen LogP contribution in [-0.2, 0) is 4.79 Å². The predicted molar refractivity (Wildman–Crippen MR) is 73.5 cm³/mol. The zero-order chi connectivity index (χ0) is 14.8. The minimum Gasteiger partial charge on any atom is -0.479 e. The lowest BCUT2D eigenvalue weighted by Gasteiger charge is -2.24. The fourth-order valence-corrected chi connectivity index (χ4v) is 3.30. The number of carboxylic acids is 1. The van der Waals surface area contributed by atoms with Crippen molar-refractivity contribution in [1.82, 2.24) is 10.3 Å². The standard InChI is InChI=1S/C13H13N3O3S/c1-8-9(6-14)2-3-10(15-8)11(17)16-13(12(18)19)4-5-20-7-13/h2-3H,4-5,7H2,1H3,(H,16,17)(H,18,19)/t13-/m1/s1. The van der Waals surface area contributed by atoms with Crippen molar-refractivity contribution in [3.05, 3.63) is 29.1 Å². The number of thioether (sulfide) groups is 1. The third kappa shape index (κ3) is 2.60. The number of nitrogens with zero attached hydrogens (tertiary/aromatic N) is 2. The van der Waals surface area contributed by atoms with Crippen LogP contribution in [0, 0.1) is 18.3 Å². The van der Waals surface area contributed by atoms with Crippen LogP contribution in [0.3, 0.4) is 0 Å². The fourth-order valence-electron chi connectivity index (χ4n) is 1.97. The summed E-state index contributed by atoms with van der Waals surface area (Å²) in [6, 6.07) is 4.91. The average Bonchev–Trinajstić information content (AvgIpc) is 2.88. The van der Waals surface area contributed by atoms with Crippen molar-refractivity contribution in [1.29, 1.82) is 5.26 Å². The molecule has 0 spiro atoms. The molecule has 2 heterocycles. The van der Waals surface area contributed by atoms with Gasteiger partial charge in [-0.1, -0.05) is 0 Å². The molecule has 104 valence electrons. The molecule has 0 radical (unpaired) electrons. The van der Waals surface area contributed by atoms with E-state index in [4.69, 9.17) is 5.26 Å². The number of aliphatic carboxylic acids is 1. The number of pyridine rings is 1. The Hall–Kier alpha value is -2.07. The minimum absolute atomic E-state index is 0.124. The molecule has 20 heavy (non-hydrogen) atoms. The number of carbonyl (C=O) groups is 2. The second-order valence-electron chi connectivity index (χ2n) is 4.59. The second kappa shape index (κ2) is 5.51. The SMILES string of the molecule is Cc1nc(C(=O)N[C@]2(C(=O)O)CCSC2)ccc1C#N. The molecule has 0 aromatic carbocycles. The highest BCUT2D eigenvalue weighted by Crippen LogP contribution is 2.28. The minimum atomic E-state index is -1.22. The Balaban J connectivity index is 2.22. The van der Waals surface area contributed by atoms with E-state index in [1.165, 1.54) is 23.9 Å². The van der Waals surface area contributed by atoms with Crippen LogP contribution in [-0.4, -0.2) is 39.0 Å². The smallest absolute Gasteiger partial charge is 0.330 e. The van der Waals surface area contributed by atoms with Crippen molar-refractivity contribution in [2.45, 2.75) is 18.9 Å². The maximum atomic E-state index is 12.1. The summed E-state index contributed by atoms with van der Waals surface area (Å²) in [4.78, 5) is 27.5. The van der Waals surface area contributed by atoms with Gasteiger partial charge in [0, 0.05) is 5.75 Å². The van der Waals surface area contributed by atoms with Crippen LogP contribution in [0.2, 0.25) is 0 Å². The molecule has 0 bridgehead atoms. The highest BCUT2D eigenvalue weighted by molar-refractivity contribution is 7.99. The molecule has 7 heteroatoms. The molecule has 2 N–H and O–H groups in total. The van der Waals surface area contributed by atoms with E-state index in [1.54, 1.807) is 6.92 Å². The molecule has 1 aromatic rings. The maximum Gasteiger partial charge on any atom is 0.330 e. The number of amides is 1. The quantitative estimate of drug-likeness (QED) is 0.859. The normalized spacial score (nSPS) is 21.2. The van der Waals surface area contributed by atoms with E-state index < -0.39 is 17.4 Å². The number of nitrogens with one attached hydrogen (secondary N) is 1. The van der Waals surface area contributed by atoms with Crippen LogP contribution in [0.15, 0.2) is 12.1 Å². The first kappa shape index (κ1) is 14.3. The van der Waals surface area contributed by atoms with Gasteiger partial charge in [0.15, 0.2) is 0 Å². The van der Waals surface area contributed by atoms with E-state index in [2.05, 4.69) is 10.3 Å². The Bertz CT molecular complexity index is 603. The third-order valence-corrected chi connectivity index (χ3v) is 4.41. The second-order valence-corrected chi connectivity index (χ2v) is 5.69. The number of hydrogen-bond donors (Lipinski definition) is 2. The molecule has 0 unspecified atom stereocenters. The van der Waals surface area contributed by atoms with Crippen LogP contribution < -0.4 is 5.32 Å². The highest BCUT2D eigenvalue weighted by Gasteiger charge is 2.43. The van der Waals surface area contributed by atoms with E-state index in [0.717, 1.165) is 0 Å². The van der Waals surface area contributed by atoms with Gasteiger partial charge in [-0.25, -0.2) is 9.78 Å². The van der Waals surface area contributed by atoms with E-state index >= 15 is 0 Å². The van der Waals surface area contributed by atoms with Gasteiger partial charge < -0.3 is 10.4 Å². The molecule has 1 atom stereocenters. The number of aryl methyl sites for hydroxylation is 1. The van der Waals surface area contributed by atoms with Crippen molar-refractivity contribution < 1.29 is 14.7 Å². The largest absolute Gasteiger partial charge is 0.479 e. The first-order valence-corrected chi connectivity index (χ1v) is 7.15. The van der Waals surface area contributed by atoms with Crippen LogP contribution in [0.1, 0.15) is 28.2 Å². The molecular formula is C13H13N3O3S. The zero-order valence-corrected chi connectivity index (χ0v) is 11.7. The number of carbonyl (C=O) groups excluding carboxylic acids is 1. The van der Waals surface area contributed by atoms with Crippen LogP contribution in [0.5, 0.6) is 0 Å².